The molecular formula is C16H22F2N6O2. The maximum atomic E-state index is 12.8. The summed E-state index contributed by atoms with van der Waals surface area (Å²) in [6.07, 6.45) is 1.46. The number of rotatable bonds is 4. The van der Waals surface area contributed by atoms with Crippen LogP contribution in [-0.2, 0) is 14.1 Å². The van der Waals surface area contributed by atoms with Crippen molar-refractivity contribution in [2.45, 2.75) is 25.4 Å². The molecule has 3 rings (SSSR count). The lowest BCUT2D eigenvalue weighted by Gasteiger charge is -2.34. The van der Waals surface area contributed by atoms with Gasteiger partial charge >= 0.3 is 6.03 Å². The average molecular weight is 368 g/mol. The third-order valence-electron chi connectivity index (χ3n) is 4.69. The Morgan fingerprint density at radius 3 is 2.81 bits per heavy atom. The minimum absolute atomic E-state index is 0.0829. The Labute approximate surface area is 149 Å². The number of aryl methyl sites for hydroxylation is 2. The Hall–Kier alpha value is -2.49. The van der Waals surface area contributed by atoms with Crippen LogP contribution in [0.2, 0.25) is 0 Å². The molecule has 2 atom stereocenters. The number of nitrogens with one attached hydrogen (secondary N) is 1. The fourth-order valence-electron chi connectivity index (χ4n) is 3.26. The monoisotopic (exact) mass is 368 g/mol. The van der Waals surface area contributed by atoms with E-state index in [1.165, 1.54) is 7.05 Å². The van der Waals surface area contributed by atoms with Crippen molar-refractivity contribution in [3.63, 3.8) is 0 Å². The minimum Gasteiger partial charge on any atom is -0.385 e. The quantitative estimate of drug-likeness (QED) is 0.865. The first kappa shape index (κ1) is 18.3. The Morgan fingerprint density at radius 2 is 2.19 bits per heavy atom. The van der Waals surface area contributed by atoms with Crippen molar-refractivity contribution < 1.29 is 18.7 Å². The van der Waals surface area contributed by atoms with Crippen LogP contribution in [0.25, 0.3) is 0 Å². The highest BCUT2D eigenvalue weighted by Crippen LogP contribution is 2.29. The van der Waals surface area contributed by atoms with Crippen LogP contribution in [0.3, 0.4) is 0 Å². The second kappa shape index (κ2) is 7.40. The molecular weight excluding hydrogens is 346 g/mol. The fourth-order valence-corrected chi connectivity index (χ4v) is 3.26. The van der Waals surface area contributed by atoms with Crippen LogP contribution in [0.15, 0.2) is 18.5 Å². The molecule has 2 amide bonds. The standard InChI is InChI=1S/C16H22F2N6O2/c1-22-7-5-19-15(22)13(25)10-4-3-6-24(9-10)16(26)20-12-8-11(14(17)18)23(2)21-12/h5,7-8,10,13-14,25H,3-4,6,9H2,1-2H3,(H,20,21,26). The molecule has 0 spiro atoms. The molecule has 2 aromatic rings. The number of nitrogens with zero attached hydrogens (tertiary/aromatic N) is 5. The van der Waals surface area contributed by atoms with E-state index in [1.54, 1.807) is 28.9 Å². The topological polar surface area (TPSA) is 88.2 Å². The molecule has 3 heterocycles. The third kappa shape index (κ3) is 3.69. The minimum atomic E-state index is -2.66. The summed E-state index contributed by atoms with van der Waals surface area (Å²) in [5, 5.41) is 17.0. The molecule has 2 N–H and O–H groups in total. The van der Waals surface area contributed by atoms with E-state index in [1.807, 2.05) is 0 Å². The lowest BCUT2D eigenvalue weighted by Crippen LogP contribution is -2.44. The second-order valence-corrected chi connectivity index (χ2v) is 6.50. The summed E-state index contributed by atoms with van der Waals surface area (Å²) in [7, 11) is 3.21. The Bertz CT molecular complexity index is 775. The summed E-state index contributed by atoms with van der Waals surface area (Å²) in [4.78, 5) is 18.2. The largest absolute Gasteiger partial charge is 0.385 e. The number of alkyl halides is 2. The van der Waals surface area contributed by atoms with Gasteiger partial charge in [0.15, 0.2) is 5.82 Å². The number of aliphatic hydroxyl groups is 1. The van der Waals surface area contributed by atoms with E-state index in [0.717, 1.165) is 23.6 Å². The Morgan fingerprint density at radius 1 is 1.42 bits per heavy atom. The van der Waals surface area contributed by atoms with Crippen molar-refractivity contribution in [3.8, 4) is 0 Å². The maximum Gasteiger partial charge on any atom is 0.323 e. The number of urea groups is 1. The molecule has 0 aromatic carbocycles. The highest BCUT2D eigenvalue weighted by molar-refractivity contribution is 5.88. The number of imidazole rings is 1. The first-order chi connectivity index (χ1) is 12.4. The third-order valence-corrected chi connectivity index (χ3v) is 4.69. The van der Waals surface area contributed by atoms with Crippen molar-refractivity contribution in [2.75, 3.05) is 18.4 Å². The van der Waals surface area contributed by atoms with Crippen LogP contribution in [0, 0.1) is 5.92 Å². The number of hydrogen-bond donors (Lipinski definition) is 2. The van der Waals surface area contributed by atoms with Gasteiger partial charge in [0, 0.05) is 51.6 Å². The molecule has 2 unspecified atom stereocenters. The van der Waals surface area contributed by atoms with Gasteiger partial charge in [-0.2, -0.15) is 5.10 Å². The zero-order valence-electron chi connectivity index (χ0n) is 14.6. The smallest absolute Gasteiger partial charge is 0.323 e. The molecule has 1 fully saturated rings. The van der Waals surface area contributed by atoms with Crippen LogP contribution < -0.4 is 5.32 Å². The zero-order chi connectivity index (χ0) is 18.8. The first-order valence-corrected chi connectivity index (χ1v) is 8.40. The number of aromatic nitrogens is 4. The molecule has 8 nitrogen and oxygen atoms in total. The summed E-state index contributed by atoms with van der Waals surface area (Å²) < 4.78 is 28.4. The molecule has 0 bridgehead atoms. The van der Waals surface area contributed by atoms with Gasteiger partial charge in [-0.3, -0.25) is 10.00 Å². The lowest BCUT2D eigenvalue weighted by atomic mass is 9.92. The maximum absolute atomic E-state index is 12.8. The number of piperidine rings is 1. The van der Waals surface area contributed by atoms with Crippen LogP contribution in [0.5, 0.6) is 0 Å². The molecule has 1 saturated heterocycles. The summed E-state index contributed by atoms with van der Waals surface area (Å²) in [6.45, 7) is 0.887. The molecule has 0 radical (unpaired) electrons. The molecule has 1 aliphatic heterocycles. The van der Waals surface area contributed by atoms with E-state index in [2.05, 4.69) is 15.4 Å². The summed E-state index contributed by atoms with van der Waals surface area (Å²) in [5.74, 6) is 0.499. The van der Waals surface area contributed by atoms with E-state index < -0.39 is 18.6 Å². The van der Waals surface area contributed by atoms with Crippen molar-refractivity contribution in [1.82, 2.24) is 24.2 Å². The normalized spacial score (nSPS) is 19.0. The van der Waals surface area contributed by atoms with Crippen LogP contribution in [-0.4, -0.2) is 48.5 Å². The number of carbonyl (C=O) groups excluding carboxylic acids is 1. The highest BCUT2D eigenvalue weighted by Gasteiger charge is 2.31. The second-order valence-electron chi connectivity index (χ2n) is 6.50. The average Bonchev–Trinajstić information content (AvgIpc) is 3.19. The van der Waals surface area contributed by atoms with E-state index in [0.29, 0.717) is 18.9 Å². The number of anilines is 1. The van der Waals surface area contributed by atoms with Gasteiger partial charge in [0.25, 0.3) is 6.43 Å². The zero-order valence-corrected chi connectivity index (χ0v) is 14.6. The molecule has 2 aromatic heterocycles. The van der Waals surface area contributed by atoms with Gasteiger partial charge < -0.3 is 14.6 Å². The number of halogens is 2. The number of likely N-dealkylation sites (tertiary alicyclic amines) is 1. The van der Waals surface area contributed by atoms with Gasteiger partial charge in [-0.05, 0) is 12.8 Å². The number of aliphatic hydroxyl groups excluding tert-OH is 1. The van der Waals surface area contributed by atoms with Gasteiger partial charge in [-0.1, -0.05) is 0 Å². The van der Waals surface area contributed by atoms with E-state index in [-0.39, 0.29) is 17.4 Å². The van der Waals surface area contributed by atoms with Gasteiger partial charge in [0.1, 0.15) is 17.6 Å². The van der Waals surface area contributed by atoms with Crippen molar-refractivity contribution in [2.24, 2.45) is 20.0 Å². The first-order valence-electron chi connectivity index (χ1n) is 8.40. The Kier molecular flexibility index (Phi) is 5.21. The van der Waals surface area contributed by atoms with E-state index in [4.69, 9.17) is 0 Å². The van der Waals surface area contributed by atoms with Gasteiger partial charge in [-0.15, -0.1) is 0 Å². The molecule has 0 aliphatic carbocycles. The number of hydrogen-bond acceptors (Lipinski definition) is 4. The molecule has 26 heavy (non-hydrogen) atoms. The van der Waals surface area contributed by atoms with Gasteiger partial charge in [0.05, 0.1) is 0 Å². The summed E-state index contributed by atoms with van der Waals surface area (Å²) >= 11 is 0. The predicted molar refractivity (Wildman–Crippen MR) is 89.6 cm³/mol. The molecule has 1 aliphatic rings. The van der Waals surface area contributed by atoms with Crippen molar-refractivity contribution in [1.29, 1.82) is 0 Å². The Balaban J connectivity index is 1.64. The number of carbonyl (C=O) groups is 1. The molecule has 0 saturated carbocycles. The fraction of sp³-hybridized carbons (Fsp3) is 0.562. The van der Waals surface area contributed by atoms with E-state index in [9.17, 15) is 18.7 Å². The number of amides is 2. The predicted octanol–water partition coefficient (Wildman–Crippen LogP) is 2.07. The van der Waals surface area contributed by atoms with Crippen LogP contribution >= 0.6 is 0 Å². The lowest BCUT2D eigenvalue weighted by molar-refractivity contribution is 0.0552. The van der Waals surface area contributed by atoms with Crippen molar-refractivity contribution in [3.05, 3.63) is 30.0 Å². The van der Waals surface area contributed by atoms with Crippen molar-refractivity contribution >= 4 is 11.8 Å². The van der Waals surface area contributed by atoms with Crippen LogP contribution in [0.4, 0.5) is 19.4 Å². The summed E-state index contributed by atoms with van der Waals surface area (Å²) in [5.41, 5.74) is -0.262. The van der Waals surface area contributed by atoms with Gasteiger partial charge in [-0.25, -0.2) is 18.6 Å². The SMILES string of the molecule is Cn1ccnc1C(O)C1CCCN(C(=O)Nc2cc(C(F)F)n(C)n2)C1. The summed E-state index contributed by atoms with van der Waals surface area (Å²) in [6, 6.07) is 0.743. The highest BCUT2D eigenvalue weighted by atomic mass is 19.3. The molecule has 142 valence electrons. The van der Waals surface area contributed by atoms with E-state index >= 15 is 0 Å². The van der Waals surface area contributed by atoms with Crippen LogP contribution in [0.1, 0.15) is 36.9 Å². The molecule has 10 heteroatoms. The van der Waals surface area contributed by atoms with Gasteiger partial charge in [0.2, 0.25) is 0 Å².